The van der Waals surface area contributed by atoms with E-state index in [0.29, 0.717) is 13.0 Å². The second kappa shape index (κ2) is 7.12. The lowest BCUT2D eigenvalue weighted by atomic mass is 10.2. The number of esters is 1. The highest BCUT2D eigenvalue weighted by molar-refractivity contribution is 5.75. The van der Waals surface area contributed by atoms with Crippen molar-refractivity contribution in [2.75, 3.05) is 24.6 Å². The van der Waals surface area contributed by atoms with Gasteiger partial charge in [-0.25, -0.2) is 4.98 Å². The second-order valence-electron chi connectivity index (χ2n) is 4.13. The smallest absolute Gasteiger partial charge is 0.416 e. The zero-order valence-corrected chi connectivity index (χ0v) is 11.4. The maximum absolute atomic E-state index is 12.7. The van der Waals surface area contributed by atoms with E-state index >= 15 is 0 Å². The fourth-order valence-electron chi connectivity index (χ4n) is 1.67. The van der Waals surface area contributed by atoms with Crippen molar-refractivity contribution in [3.8, 4) is 0 Å². The topological polar surface area (TPSA) is 42.4 Å². The lowest BCUT2D eigenvalue weighted by Crippen LogP contribution is -2.32. The van der Waals surface area contributed by atoms with Crippen molar-refractivity contribution >= 4 is 11.8 Å². The summed E-state index contributed by atoms with van der Waals surface area (Å²) in [5.41, 5.74) is -0.785. The number of hydrogen-bond acceptors (Lipinski definition) is 4. The SMILES string of the molecule is CCCN(CC(=O)OCC)c1cc(C(F)(F)F)ccn1. The molecule has 0 atom stereocenters. The monoisotopic (exact) mass is 290 g/mol. The highest BCUT2D eigenvalue weighted by Gasteiger charge is 2.31. The van der Waals surface area contributed by atoms with Crippen LogP contribution >= 0.6 is 0 Å². The molecule has 112 valence electrons. The number of anilines is 1. The van der Waals surface area contributed by atoms with E-state index in [1.165, 1.54) is 4.90 Å². The van der Waals surface area contributed by atoms with E-state index in [1.54, 1.807) is 6.92 Å². The molecule has 1 rings (SSSR count). The molecule has 0 fully saturated rings. The average molecular weight is 290 g/mol. The van der Waals surface area contributed by atoms with Gasteiger partial charge in [-0.2, -0.15) is 13.2 Å². The first-order valence-corrected chi connectivity index (χ1v) is 6.32. The van der Waals surface area contributed by atoms with Gasteiger partial charge < -0.3 is 9.64 Å². The van der Waals surface area contributed by atoms with Gasteiger partial charge in [0, 0.05) is 12.7 Å². The van der Waals surface area contributed by atoms with Crippen LogP contribution in [0.2, 0.25) is 0 Å². The molecule has 4 nitrogen and oxygen atoms in total. The summed E-state index contributed by atoms with van der Waals surface area (Å²) in [6.07, 6.45) is -2.66. The van der Waals surface area contributed by atoms with Gasteiger partial charge in [0.2, 0.25) is 0 Å². The Morgan fingerprint density at radius 3 is 2.65 bits per heavy atom. The summed E-state index contributed by atoms with van der Waals surface area (Å²) in [4.78, 5) is 16.9. The summed E-state index contributed by atoms with van der Waals surface area (Å²) in [5, 5.41) is 0. The Balaban J connectivity index is 2.94. The molecule has 20 heavy (non-hydrogen) atoms. The predicted molar refractivity (Wildman–Crippen MR) is 68.4 cm³/mol. The quantitative estimate of drug-likeness (QED) is 0.756. The van der Waals surface area contributed by atoms with Crippen LogP contribution in [-0.4, -0.2) is 30.6 Å². The van der Waals surface area contributed by atoms with E-state index in [2.05, 4.69) is 4.98 Å². The van der Waals surface area contributed by atoms with Crippen LogP contribution < -0.4 is 4.90 Å². The second-order valence-corrected chi connectivity index (χ2v) is 4.13. The molecule has 0 bridgehead atoms. The van der Waals surface area contributed by atoms with E-state index in [0.717, 1.165) is 18.3 Å². The number of carbonyl (C=O) groups excluding carboxylic acids is 1. The standard InChI is InChI=1S/C13H17F3N2O2/c1-3-7-18(9-12(19)20-4-2)11-8-10(5-6-17-11)13(14,15)16/h5-6,8H,3-4,7,9H2,1-2H3. The maximum atomic E-state index is 12.7. The van der Waals surface area contributed by atoms with Crippen LogP contribution in [0.1, 0.15) is 25.8 Å². The molecule has 0 aliphatic heterocycles. The van der Waals surface area contributed by atoms with Gasteiger partial charge in [0.15, 0.2) is 0 Å². The van der Waals surface area contributed by atoms with Gasteiger partial charge in [-0.15, -0.1) is 0 Å². The first-order chi connectivity index (χ1) is 9.38. The molecule has 0 N–H and O–H groups in total. The Kier molecular flexibility index (Phi) is 5.79. The molecular formula is C13H17F3N2O2. The average Bonchev–Trinajstić information content (AvgIpc) is 2.38. The van der Waals surface area contributed by atoms with E-state index in [9.17, 15) is 18.0 Å². The van der Waals surface area contributed by atoms with Gasteiger partial charge in [0.25, 0.3) is 0 Å². The molecule has 7 heteroatoms. The van der Waals surface area contributed by atoms with Crippen molar-refractivity contribution in [1.82, 2.24) is 4.98 Å². The highest BCUT2D eigenvalue weighted by Crippen LogP contribution is 2.30. The first kappa shape index (κ1) is 16.3. The van der Waals surface area contributed by atoms with Crippen LogP contribution in [0.15, 0.2) is 18.3 Å². The Morgan fingerprint density at radius 2 is 2.10 bits per heavy atom. The molecule has 0 aliphatic rings. The molecule has 0 aliphatic carbocycles. The van der Waals surface area contributed by atoms with Crippen molar-refractivity contribution in [3.05, 3.63) is 23.9 Å². The number of nitrogens with zero attached hydrogens (tertiary/aromatic N) is 2. The fourth-order valence-corrected chi connectivity index (χ4v) is 1.67. The number of alkyl halides is 3. The van der Waals surface area contributed by atoms with Gasteiger partial charge in [0.05, 0.1) is 12.2 Å². The molecule has 0 amide bonds. The number of hydrogen-bond donors (Lipinski definition) is 0. The van der Waals surface area contributed by atoms with E-state index in [-0.39, 0.29) is 19.0 Å². The van der Waals surface area contributed by atoms with Crippen LogP contribution in [-0.2, 0) is 15.7 Å². The number of pyridine rings is 1. The van der Waals surface area contributed by atoms with Gasteiger partial charge >= 0.3 is 12.1 Å². The minimum absolute atomic E-state index is 0.115. The summed E-state index contributed by atoms with van der Waals surface area (Å²) in [6.45, 7) is 4.08. The molecule has 0 unspecified atom stereocenters. The fraction of sp³-hybridized carbons (Fsp3) is 0.538. The Bertz CT molecular complexity index is 449. The van der Waals surface area contributed by atoms with Crippen LogP contribution in [0.4, 0.5) is 19.0 Å². The minimum Gasteiger partial charge on any atom is -0.465 e. The van der Waals surface area contributed by atoms with Gasteiger partial charge in [-0.1, -0.05) is 6.92 Å². The molecule has 1 aromatic rings. The molecule has 0 radical (unpaired) electrons. The number of rotatable bonds is 6. The van der Waals surface area contributed by atoms with Crippen molar-refractivity contribution in [1.29, 1.82) is 0 Å². The molecule has 0 saturated carbocycles. The summed E-state index contributed by atoms with van der Waals surface area (Å²) < 4.78 is 42.8. The lowest BCUT2D eigenvalue weighted by molar-refractivity contribution is -0.141. The van der Waals surface area contributed by atoms with E-state index < -0.39 is 17.7 Å². The molecule has 0 spiro atoms. The maximum Gasteiger partial charge on any atom is 0.416 e. The largest absolute Gasteiger partial charge is 0.465 e. The van der Waals surface area contributed by atoms with Crippen LogP contribution in [0, 0.1) is 0 Å². The Labute approximate surface area is 115 Å². The Morgan fingerprint density at radius 1 is 1.40 bits per heavy atom. The summed E-state index contributed by atoms with van der Waals surface area (Å²) >= 11 is 0. The van der Waals surface area contributed by atoms with Crippen molar-refractivity contribution in [3.63, 3.8) is 0 Å². The zero-order chi connectivity index (χ0) is 15.2. The molecular weight excluding hydrogens is 273 g/mol. The normalized spacial score (nSPS) is 11.2. The number of carbonyl (C=O) groups is 1. The Hall–Kier alpha value is -1.79. The predicted octanol–water partition coefficient (Wildman–Crippen LogP) is 2.88. The van der Waals surface area contributed by atoms with E-state index in [1.807, 2.05) is 6.92 Å². The van der Waals surface area contributed by atoms with Crippen LogP contribution in [0.3, 0.4) is 0 Å². The van der Waals surface area contributed by atoms with Crippen LogP contribution in [0.25, 0.3) is 0 Å². The third-order valence-corrected chi connectivity index (χ3v) is 2.52. The minimum atomic E-state index is -4.43. The van der Waals surface area contributed by atoms with E-state index in [4.69, 9.17) is 4.74 Å². The number of ether oxygens (including phenoxy) is 1. The molecule has 1 heterocycles. The van der Waals surface area contributed by atoms with Gasteiger partial charge in [-0.05, 0) is 25.5 Å². The molecule has 0 aromatic carbocycles. The van der Waals surface area contributed by atoms with Crippen LogP contribution in [0.5, 0.6) is 0 Å². The molecule has 1 aromatic heterocycles. The number of aromatic nitrogens is 1. The summed E-state index contributed by atoms with van der Waals surface area (Å²) in [6, 6.07) is 1.84. The summed E-state index contributed by atoms with van der Waals surface area (Å²) in [5.74, 6) is -0.366. The third kappa shape index (κ3) is 4.71. The summed E-state index contributed by atoms with van der Waals surface area (Å²) in [7, 11) is 0. The zero-order valence-electron chi connectivity index (χ0n) is 11.4. The first-order valence-electron chi connectivity index (χ1n) is 6.32. The number of halogens is 3. The molecule has 0 saturated heterocycles. The van der Waals surface area contributed by atoms with Crippen molar-refractivity contribution in [2.45, 2.75) is 26.4 Å². The van der Waals surface area contributed by atoms with Crippen molar-refractivity contribution in [2.24, 2.45) is 0 Å². The highest BCUT2D eigenvalue weighted by atomic mass is 19.4. The lowest BCUT2D eigenvalue weighted by Gasteiger charge is -2.22. The third-order valence-electron chi connectivity index (χ3n) is 2.52. The van der Waals surface area contributed by atoms with Gasteiger partial charge in [0.1, 0.15) is 12.4 Å². The van der Waals surface area contributed by atoms with Gasteiger partial charge in [-0.3, -0.25) is 4.79 Å². The van der Waals surface area contributed by atoms with Crippen molar-refractivity contribution < 1.29 is 22.7 Å².